The molecule has 0 bridgehead atoms. The van der Waals surface area contributed by atoms with Gasteiger partial charge in [-0.25, -0.2) is 11.8 Å². The number of aromatic nitrogens is 2. The number of likely N-dealkylation sites (tertiary alicyclic amines) is 1. The zero-order chi connectivity index (χ0) is 58.1. The molecular formula is C67H101F3N11NaO. The summed E-state index contributed by atoms with van der Waals surface area (Å²) >= 11 is 0. The first-order valence-corrected chi connectivity index (χ1v) is 32.0. The number of anilines is 2. The molecule has 3 saturated carbocycles. The van der Waals surface area contributed by atoms with Gasteiger partial charge in [-0.05, 0) is 170 Å². The second-order valence-electron chi connectivity index (χ2n) is 26.3. The fourth-order valence-corrected chi connectivity index (χ4v) is 14.1. The predicted octanol–water partition coefficient (Wildman–Crippen LogP) is 8.46. The molecule has 8 fully saturated rings. The fraction of sp³-hybridized carbons (Fsp3) is 0.687. The number of carbonyl (C=O) groups is 1. The van der Waals surface area contributed by atoms with Gasteiger partial charge in [0.1, 0.15) is 12.6 Å². The number of fused-ring (bicyclic) bond motifs is 1. The van der Waals surface area contributed by atoms with Crippen molar-refractivity contribution in [2.75, 3.05) is 95.4 Å². The Bertz CT molecular complexity index is 2630. The quantitative estimate of drug-likeness (QED) is 0.0317. The Labute approximate surface area is 519 Å². The number of hydrogen-bond donors (Lipinski definition) is 3. The van der Waals surface area contributed by atoms with Gasteiger partial charge in [-0.2, -0.15) is 13.2 Å². The van der Waals surface area contributed by atoms with Crippen molar-refractivity contribution >= 4 is 28.2 Å². The summed E-state index contributed by atoms with van der Waals surface area (Å²) in [6, 6.07) is 10.5. The van der Waals surface area contributed by atoms with E-state index in [9.17, 15) is 18.0 Å². The minimum absolute atomic E-state index is 0. The molecule has 11 rings (SSSR count). The van der Waals surface area contributed by atoms with Crippen LogP contribution in [0.2, 0.25) is 0 Å². The van der Waals surface area contributed by atoms with Crippen molar-refractivity contribution in [2.45, 2.75) is 187 Å². The minimum Gasteiger partial charge on any atom is -0.376 e. The summed E-state index contributed by atoms with van der Waals surface area (Å²) in [5.74, 6) is 5.34. The molecule has 3 aromatic rings. The van der Waals surface area contributed by atoms with Crippen LogP contribution in [0, 0.1) is 41.9 Å². The topological polar surface area (TPSA) is 100 Å². The fourth-order valence-electron chi connectivity index (χ4n) is 14.1. The summed E-state index contributed by atoms with van der Waals surface area (Å²) < 4.78 is 44.8. The first-order valence-electron chi connectivity index (χ1n) is 32.0. The number of rotatable bonds is 21. The maximum absolute atomic E-state index is 14.4. The van der Waals surface area contributed by atoms with Gasteiger partial charge in [0.25, 0.3) is 5.91 Å². The van der Waals surface area contributed by atoms with Crippen molar-refractivity contribution in [2.24, 2.45) is 23.2 Å². The second kappa shape index (κ2) is 29.8. The van der Waals surface area contributed by atoms with Crippen molar-refractivity contribution in [3.8, 4) is 23.6 Å². The van der Waals surface area contributed by atoms with E-state index in [0.29, 0.717) is 47.7 Å². The number of benzene rings is 1. The Morgan fingerprint density at radius 2 is 1.65 bits per heavy atom. The van der Waals surface area contributed by atoms with E-state index >= 15 is 0 Å². The van der Waals surface area contributed by atoms with E-state index in [0.717, 1.165) is 162 Å². The number of piperazine rings is 1. The van der Waals surface area contributed by atoms with Crippen LogP contribution in [0.15, 0.2) is 55.4 Å². The van der Waals surface area contributed by atoms with E-state index < -0.39 is 12.7 Å². The molecule has 452 valence electrons. The third kappa shape index (κ3) is 17.5. The maximum atomic E-state index is 14.4. The average molecular weight is 1160 g/mol. The number of halogens is 3. The van der Waals surface area contributed by atoms with Crippen LogP contribution in [0.1, 0.15) is 149 Å². The molecule has 16 heteroatoms. The number of pyridine rings is 1. The van der Waals surface area contributed by atoms with Crippen molar-refractivity contribution in [1.82, 2.24) is 45.3 Å². The summed E-state index contributed by atoms with van der Waals surface area (Å²) in [6.07, 6.45) is 26.8. The number of hydrogen-bond acceptors (Lipinski definition) is 10. The molecule has 3 N–H and O–H groups in total. The molecule has 7 heterocycles. The van der Waals surface area contributed by atoms with Gasteiger partial charge in [-0.1, -0.05) is 52.0 Å². The van der Waals surface area contributed by atoms with Crippen LogP contribution in [-0.2, 0) is 17.8 Å². The van der Waals surface area contributed by atoms with Crippen molar-refractivity contribution < 1.29 is 47.5 Å². The number of amides is 1. The first-order chi connectivity index (χ1) is 39.5. The van der Waals surface area contributed by atoms with E-state index in [2.05, 4.69) is 99.6 Å². The number of nitrogens with one attached hydrogen (secondary N) is 3. The summed E-state index contributed by atoms with van der Waals surface area (Å²) in [5.41, 5.74) is 9.83. The first kappa shape index (κ1) is 65.3. The predicted molar refractivity (Wildman–Crippen MR) is 332 cm³/mol. The monoisotopic (exact) mass is 1160 g/mol. The largest absolute Gasteiger partial charge is 1.00 e. The van der Waals surface area contributed by atoms with Crippen LogP contribution >= 0.6 is 0 Å². The summed E-state index contributed by atoms with van der Waals surface area (Å²) in [4.78, 5) is 30.1. The normalized spacial score (nSPS) is 23.3. The second-order valence-corrected chi connectivity index (χ2v) is 26.3. The number of carbonyl (C=O) groups excluding carboxylic acids is 1. The zero-order valence-electron chi connectivity index (χ0n) is 52.0. The van der Waals surface area contributed by atoms with Crippen LogP contribution < -0.4 is 55.4 Å². The van der Waals surface area contributed by atoms with Gasteiger partial charge in [0.15, 0.2) is 0 Å². The molecule has 8 aliphatic rings. The molecule has 5 atom stereocenters. The Kier molecular flexibility index (Phi) is 23.4. The zero-order valence-corrected chi connectivity index (χ0v) is 54.0. The molecule has 0 spiro atoms. The van der Waals surface area contributed by atoms with Gasteiger partial charge >= 0.3 is 35.7 Å². The number of hydrazine groups is 1. The maximum Gasteiger partial charge on any atom is 1.00 e. The average Bonchev–Trinajstić information content (AvgIpc) is 4.45. The number of terminal acetylenes is 1. The van der Waals surface area contributed by atoms with E-state index in [-0.39, 0.29) is 46.9 Å². The van der Waals surface area contributed by atoms with E-state index in [1.165, 1.54) is 75.3 Å². The van der Waals surface area contributed by atoms with Gasteiger partial charge in [-0.15, -0.1) is 37.5 Å². The molecule has 1 amide bonds. The third-order valence-corrected chi connectivity index (χ3v) is 19.2. The Morgan fingerprint density at radius 1 is 0.940 bits per heavy atom. The van der Waals surface area contributed by atoms with Gasteiger partial charge in [0.2, 0.25) is 0 Å². The van der Waals surface area contributed by atoms with E-state index in [4.69, 9.17) is 11.4 Å². The minimum atomic E-state index is -4.39. The number of alkyl halides is 3. The molecule has 1 aromatic carbocycles. The van der Waals surface area contributed by atoms with Gasteiger partial charge in [0.05, 0.1) is 6.04 Å². The third-order valence-electron chi connectivity index (χ3n) is 19.2. The summed E-state index contributed by atoms with van der Waals surface area (Å²) in [6.45, 7) is 29.7. The van der Waals surface area contributed by atoms with Crippen LogP contribution in [0.25, 0.3) is 22.2 Å². The van der Waals surface area contributed by atoms with Crippen molar-refractivity contribution in [1.29, 1.82) is 0 Å². The molecule has 5 unspecified atom stereocenters. The van der Waals surface area contributed by atoms with Crippen molar-refractivity contribution in [3.63, 3.8) is 0 Å². The molecule has 5 saturated heterocycles. The molecule has 12 nitrogen and oxygen atoms in total. The van der Waals surface area contributed by atoms with E-state index in [1.807, 2.05) is 44.7 Å². The van der Waals surface area contributed by atoms with Crippen LogP contribution in [0.5, 0.6) is 0 Å². The summed E-state index contributed by atoms with van der Waals surface area (Å²) in [5, 5.41) is 9.58. The molecule has 5 aliphatic heterocycles. The Balaban J connectivity index is 0.000000201. The molecule has 3 aliphatic carbocycles. The van der Waals surface area contributed by atoms with E-state index in [1.54, 1.807) is 5.01 Å². The Hall–Kier alpha value is -3.72. The van der Waals surface area contributed by atoms with Gasteiger partial charge < -0.3 is 29.9 Å². The number of piperidine rings is 1. The molecule has 0 radical (unpaired) electrons. The molecule has 83 heavy (non-hydrogen) atoms. The standard InChI is InChI=1S/C37H47F3N5.C23H43N5O.C7H11N.Na/c1-5-7-15-36(3,4)24-32-30-22-28(42-16-9-8-10-17-42)13-14-34(30)45(26-37(38,39)40)35(32)31-23-29(25-41-33(31)6-2)44-20-18-43(19-21-44)27-11-12-27;1-5-26(4)16-20-12-15-27(17-20)22(21-10-6-7-11-21)18(2)25-19(3)23(29)28-14-9-8-13-24-28;1-2-6-7(8-6)5-3-4-5;/h1,6,13-14,22-23,25,27H,7-12,15-21,24,26H2,2-4H3;19-22,24-25H,2,5-17H2,1,3-4H3;2,5-8H,1,3-4H2;/q-1;;;+1. The SMILES string of the molecule is C#CCCC(C)(C)Cc1c(-c2cc(N3CCN(C4CC4)CC3)cnc2[CH-]C)n(CC(F)(F)F)c2ccc(N3CCCCC3)cc12.C=C(NC(C)C(=O)N1CCCCN1)C(C1CCCC1)N1CCC(CN(C)CC)C1.C=CC1NC1C1CC1.[Na+]. The Morgan fingerprint density at radius 3 is 2.27 bits per heavy atom. The molecule has 2 aromatic heterocycles. The van der Waals surface area contributed by atoms with Crippen LogP contribution in [-0.4, -0.2) is 157 Å². The van der Waals surface area contributed by atoms with Crippen LogP contribution in [0.4, 0.5) is 24.5 Å². The smallest absolute Gasteiger partial charge is 0.376 e. The van der Waals surface area contributed by atoms with Crippen molar-refractivity contribution in [3.05, 3.63) is 73.1 Å². The number of nitrogens with zero attached hydrogens (tertiary/aromatic N) is 8. The van der Waals surface area contributed by atoms with Crippen LogP contribution in [0.3, 0.4) is 0 Å². The summed E-state index contributed by atoms with van der Waals surface area (Å²) in [7, 11) is 2.22. The molecular weight excluding hydrogens is 1050 g/mol. The van der Waals surface area contributed by atoms with Gasteiger partial charge in [-0.3, -0.25) is 24.6 Å². The van der Waals surface area contributed by atoms with Gasteiger partial charge in [0, 0.05) is 124 Å².